The highest BCUT2D eigenvalue weighted by molar-refractivity contribution is 8.02. The number of aliphatic hydroxyl groups is 1. The molecule has 0 aliphatic carbocycles. The normalized spacial score (nSPS) is 27.2. The number of hydrogen-bond acceptors (Lipinski definition) is 5. The third kappa shape index (κ3) is 5.22. The molecule has 7 nitrogen and oxygen atoms in total. The van der Waals surface area contributed by atoms with E-state index in [4.69, 9.17) is 0 Å². The first kappa shape index (κ1) is 31.1. The van der Waals surface area contributed by atoms with E-state index in [1.165, 1.54) is 0 Å². The zero-order chi connectivity index (χ0) is 30.9. The zero-order valence-electron chi connectivity index (χ0n) is 25.5. The fourth-order valence-electron chi connectivity index (χ4n) is 7.75. The lowest BCUT2D eigenvalue weighted by Crippen LogP contribution is -2.55. The van der Waals surface area contributed by atoms with E-state index in [-0.39, 0.29) is 30.9 Å². The number of rotatable bonds is 12. The first-order valence-electron chi connectivity index (χ1n) is 15.2. The van der Waals surface area contributed by atoms with Crippen LogP contribution in [0.5, 0.6) is 0 Å². The number of fused-ring (bicyclic) bond motifs is 1. The summed E-state index contributed by atoms with van der Waals surface area (Å²) in [6, 6.07) is 15.1. The number of nitrogens with zero attached hydrogens (tertiary/aromatic N) is 3. The van der Waals surface area contributed by atoms with Crippen molar-refractivity contribution in [2.75, 3.05) is 31.1 Å². The SMILES string of the molecule is C=CCN(Cc1ccccc1)C(=O)[C@@H]1[C@H]2C(=O)N(CCCO)C(C(=O)N(CC=C)c3c(C)cccc3C)C23CC[C@@]1(C)S3. The minimum absolute atomic E-state index is 0.0634. The Labute approximate surface area is 259 Å². The third-order valence-corrected chi connectivity index (χ3v) is 11.5. The standard InChI is InChI=1S/C35H43N3O4S/c1-6-19-36(23-26-15-9-8-10-16-26)31(40)27-28-32(41)38(21-12-22-39)30(35(28)18-17-34(27,5)43-35)33(42)37(20-7-2)29-24(3)13-11-14-25(29)4/h6-11,13-16,27-28,30,39H,1-2,12,17-23H2,3-5H3/t27-,28-,30?,34+,35?/m0/s1. The van der Waals surface area contributed by atoms with Gasteiger partial charge in [-0.2, -0.15) is 0 Å². The first-order valence-corrected chi connectivity index (χ1v) is 16.0. The number of carbonyl (C=O) groups excluding carboxylic acids is 3. The predicted molar refractivity (Wildman–Crippen MR) is 173 cm³/mol. The monoisotopic (exact) mass is 601 g/mol. The molecule has 0 saturated carbocycles. The van der Waals surface area contributed by atoms with Crippen molar-refractivity contribution in [2.45, 2.75) is 62.1 Å². The smallest absolute Gasteiger partial charge is 0.251 e. The molecule has 0 radical (unpaired) electrons. The number of aliphatic hydroxyl groups excluding tert-OH is 1. The summed E-state index contributed by atoms with van der Waals surface area (Å²) in [5, 5.41) is 9.75. The Morgan fingerprint density at radius 2 is 1.70 bits per heavy atom. The van der Waals surface area contributed by atoms with Gasteiger partial charge in [-0.05, 0) is 56.7 Å². The Morgan fingerprint density at radius 3 is 2.33 bits per heavy atom. The quantitative estimate of drug-likeness (QED) is 0.350. The van der Waals surface area contributed by atoms with E-state index in [9.17, 15) is 19.5 Å². The number of hydrogen-bond donors (Lipinski definition) is 1. The molecule has 3 amide bonds. The second kappa shape index (κ2) is 12.3. The Bertz CT molecular complexity index is 1390. The van der Waals surface area contributed by atoms with E-state index in [1.807, 2.05) is 62.4 Å². The maximum atomic E-state index is 14.8. The first-order chi connectivity index (χ1) is 20.6. The number of carbonyl (C=O) groups is 3. The van der Waals surface area contributed by atoms with E-state index < -0.39 is 27.4 Å². The van der Waals surface area contributed by atoms with Gasteiger partial charge < -0.3 is 19.8 Å². The highest BCUT2D eigenvalue weighted by Crippen LogP contribution is 2.71. The minimum atomic E-state index is -0.748. The van der Waals surface area contributed by atoms with Gasteiger partial charge in [-0.25, -0.2) is 0 Å². The van der Waals surface area contributed by atoms with Gasteiger partial charge in [-0.3, -0.25) is 14.4 Å². The summed E-state index contributed by atoms with van der Waals surface area (Å²) in [4.78, 5) is 49.1. The van der Waals surface area contributed by atoms with Crippen LogP contribution in [0.1, 0.15) is 42.9 Å². The molecule has 2 bridgehead atoms. The van der Waals surface area contributed by atoms with E-state index in [2.05, 4.69) is 20.1 Å². The van der Waals surface area contributed by atoms with Crippen molar-refractivity contribution in [3.8, 4) is 0 Å². The van der Waals surface area contributed by atoms with Crippen LogP contribution in [0.25, 0.3) is 0 Å². The number of aryl methyl sites for hydroxylation is 2. The topological polar surface area (TPSA) is 81.2 Å². The van der Waals surface area contributed by atoms with Gasteiger partial charge in [0.15, 0.2) is 0 Å². The molecular weight excluding hydrogens is 558 g/mol. The van der Waals surface area contributed by atoms with Gasteiger partial charge >= 0.3 is 0 Å². The van der Waals surface area contributed by atoms with Crippen LogP contribution in [0.3, 0.4) is 0 Å². The molecule has 3 fully saturated rings. The van der Waals surface area contributed by atoms with Gasteiger partial charge in [-0.15, -0.1) is 24.9 Å². The number of anilines is 1. The summed E-state index contributed by atoms with van der Waals surface area (Å²) in [5.41, 5.74) is 3.79. The van der Waals surface area contributed by atoms with Crippen molar-refractivity contribution in [3.63, 3.8) is 0 Å². The lowest BCUT2D eigenvalue weighted by molar-refractivity contribution is -0.145. The Hall–Kier alpha value is -3.36. The van der Waals surface area contributed by atoms with E-state index >= 15 is 0 Å². The molecule has 3 saturated heterocycles. The van der Waals surface area contributed by atoms with Crippen LogP contribution >= 0.6 is 11.8 Å². The van der Waals surface area contributed by atoms with Crippen LogP contribution in [0, 0.1) is 25.7 Å². The molecule has 0 aromatic heterocycles. The molecule has 43 heavy (non-hydrogen) atoms. The van der Waals surface area contributed by atoms with Crippen molar-refractivity contribution >= 4 is 35.2 Å². The van der Waals surface area contributed by atoms with Gasteiger partial charge in [0, 0.05) is 43.2 Å². The number of thioether (sulfide) groups is 1. The molecule has 228 valence electrons. The molecule has 5 atom stereocenters. The predicted octanol–water partition coefficient (Wildman–Crippen LogP) is 4.90. The molecule has 2 aromatic rings. The maximum absolute atomic E-state index is 14.8. The van der Waals surface area contributed by atoms with Gasteiger partial charge in [0.1, 0.15) is 6.04 Å². The van der Waals surface area contributed by atoms with Crippen LogP contribution in [-0.4, -0.2) is 74.4 Å². The summed E-state index contributed by atoms with van der Waals surface area (Å²) in [6.45, 7) is 15.2. The number of benzene rings is 2. The minimum Gasteiger partial charge on any atom is -0.396 e. The van der Waals surface area contributed by atoms with Crippen LogP contribution in [0.15, 0.2) is 73.8 Å². The van der Waals surface area contributed by atoms with Gasteiger partial charge in [0.25, 0.3) is 5.91 Å². The summed E-state index contributed by atoms with van der Waals surface area (Å²) in [7, 11) is 0. The Morgan fingerprint density at radius 1 is 1.02 bits per heavy atom. The van der Waals surface area contributed by atoms with Crippen LogP contribution in [0.4, 0.5) is 5.69 Å². The second-order valence-electron chi connectivity index (χ2n) is 12.3. The van der Waals surface area contributed by atoms with Crippen LogP contribution in [0.2, 0.25) is 0 Å². The highest BCUT2D eigenvalue weighted by atomic mass is 32.2. The van der Waals surface area contributed by atoms with Crippen LogP contribution < -0.4 is 4.90 Å². The fraction of sp³-hybridized carbons (Fsp3) is 0.457. The summed E-state index contributed by atoms with van der Waals surface area (Å²) < 4.78 is -1.21. The highest BCUT2D eigenvalue weighted by Gasteiger charge is 2.77. The largest absolute Gasteiger partial charge is 0.396 e. The summed E-state index contributed by atoms with van der Waals surface area (Å²) >= 11 is 1.67. The lowest BCUT2D eigenvalue weighted by Gasteiger charge is -2.38. The summed E-state index contributed by atoms with van der Waals surface area (Å²) in [5.74, 6) is -1.55. The van der Waals surface area contributed by atoms with Crippen molar-refractivity contribution in [1.29, 1.82) is 0 Å². The molecule has 2 aromatic carbocycles. The molecule has 5 rings (SSSR count). The van der Waals surface area contributed by atoms with Crippen molar-refractivity contribution in [2.24, 2.45) is 11.8 Å². The van der Waals surface area contributed by atoms with Crippen LogP contribution in [-0.2, 0) is 20.9 Å². The van der Waals surface area contributed by atoms with Crippen molar-refractivity contribution < 1.29 is 19.5 Å². The van der Waals surface area contributed by atoms with E-state index in [0.717, 1.165) is 28.8 Å². The van der Waals surface area contributed by atoms with Gasteiger partial charge in [0.2, 0.25) is 11.8 Å². The molecular formula is C35H43N3O4S. The molecule has 3 aliphatic heterocycles. The second-order valence-corrected chi connectivity index (χ2v) is 14.2. The average Bonchev–Trinajstić information content (AvgIpc) is 3.55. The molecule has 2 unspecified atom stereocenters. The third-order valence-electron chi connectivity index (χ3n) is 9.50. The van der Waals surface area contributed by atoms with E-state index in [0.29, 0.717) is 32.5 Å². The summed E-state index contributed by atoms with van der Waals surface area (Å²) in [6.07, 6.45) is 5.23. The molecule has 3 aliphatic rings. The molecule has 1 N–H and O–H groups in total. The molecule has 1 spiro atoms. The number of likely N-dealkylation sites (tertiary alicyclic amines) is 1. The molecule has 8 heteroatoms. The van der Waals surface area contributed by atoms with E-state index in [1.54, 1.807) is 38.6 Å². The van der Waals surface area contributed by atoms with Gasteiger partial charge in [0.05, 0.1) is 16.6 Å². The Kier molecular flexibility index (Phi) is 8.91. The number of amides is 3. The maximum Gasteiger partial charge on any atom is 0.251 e. The average molecular weight is 602 g/mol. The van der Waals surface area contributed by atoms with Gasteiger partial charge in [-0.1, -0.05) is 60.7 Å². The molecule has 3 heterocycles. The fourth-order valence-corrected chi connectivity index (χ4v) is 10.1. The zero-order valence-corrected chi connectivity index (χ0v) is 26.3. The lowest BCUT2D eigenvalue weighted by atomic mass is 9.66. The number of para-hydroxylation sites is 1. The van der Waals surface area contributed by atoms with Crippen molar-refractivity contribution in [3.05, 3.63) is 90.5 Å². The Balaban J connectivity index is 1.57. The van der Waals surface area contributed by atoms with Crippen molar-refractivity contribution in [1.82, 2.24) is 9.80 Å².